The van der Waals surface area contributed by atoms with Crippen molar-refractivity contribution in [3.63, 3.8) is 0 Å². The first-order valence-corrected chi connectivity index (χ1v) is 5.70. The van der Waals surface area contributed by atoms with Gasteiger partial charge < -0.3 is 16.2 Å². The third kappa shape index (κ3) is 2.54. The molecule has 1 aromatic carbocycles. The molecule has 6 heteroatoms. The van der Waals surface area contributed by atoms with Crippen molar-refractivity contribution in [3.05, 3.63) is 34.8 Å². The molecule has 0 fully saturated rings. The Hall–Kier alpha value is -2.08. The van der Waals surface area contributed by atoms with Gasteiger partial charge in [-0.25, -0.2) is 9.78 Å². The minimum atomic E-state index is -1.04. The number of anilines is 3. The first-order chi connectivity index (χ1) is 8.06. The molecule has 0 saturated carbocycles. The second-order valence-corrected chi connectivity index (χ2v) is 4.74. The number of nitrogens with two attached hydrogens (primary N) is 1. The van der Waals surface area contributed by atoms with E-state index in [0.29, 0.717) is 5.69 Å². The van der Waals surface area contributed by atoms with Crippen molar-refractivity contribution in [1.82, 2.24) is 4.98 Å². The zero-order chi connectivity index (χ0) is 12.4. The third-order valence-corrected chi connectivity index (χ3v) is 2.98. The van der Waals surface area contributed by atoms with Crippen molar-refractivity contribution in [2.75, 3.05) is 11.1 Å². The fraction of sp³-hybridized carbons (Fsp3) is 0.0909. The van der Waals surface area contributed by atoms with E-state index in [0.717, 1.165) is 10.0 Å². The molecule has 0 aliphatic carbocycles. The average molecular weight is 249 g/mol. The van der Waals surface area contributed by atoms with Crippen LogP contribution >= 0.6 is 11.3 Å². The summed E-state index contributed by atoms with van der Waals surface area (Å²) in [5.41, 5.74) is 6.56. The predicted octanol–water partition coefficient (Wildman–Crippen LogP) is 2.48. The molecule has 0 amide bonds. The number of nitrogen functional groups attached to an aromatic ring is 1. The minimum absolute atomic E-state index is 0.0864. The molecule has 0 aliphatic rings. The lowest BCUT2D eigenvalue weighted by Crippen LogP contribution is -2.03. The predicted molar refractivity (Wildman–Crippen MR) is 67.9 cm³/mol. The maximum absolute atomic E-state index is 10.9. The van der Waals surface area contributed by atoms with Gasteiger partial charge in [0, 0.05) is 22.4 Å². The van der Waals surface area contributed by atoms with Crippen molar-refractivity contribution in [1.29, 1.82) is 0 Å². The highest BCUT2D eigenvalue weighted by Gasteiger charge is 2.09. The Morgan fingerprint density at radius 1 is 1.53 bits per heavy atom. The van der Waals surface area contributed by atoms with Crippen LogP contribution in [-0.2, 0) is 0 Å². The molecule has 0 unspecified atom stereocenters. The maximum Gasteiger partial charge on any atom is 0.337 e. The quantitative estimate of drug-likeness (QED) is 0.727. The van der Waals surface area contributed by atoms with Gasteiger partial charge >= 0.3 is 5.97 Å². The number of carboxylic acids is 1. The monoisotopic (exact) mass is 249 g/mol. The molecule has 0 aliphatic heterocycles. The Balaban J connectivity index is 2.28. The molecule has 2 aromatic rings. The summed E-state index contributed by atoms with van der Waals surface area (Å²) in [5, 5.41) is 12.7. The summed E-state index contributed by atoms with van der Waals surface area (Å²) in [6.45, 7) is 1.95. The second-order valence-electron chi connectivity index (χ2n) is 3.51. The van der Waals surface area contributed by atoms with E-state index in [2.05, 4.69) is 10.3 Å². The van der Waals surface area contributed by atoms with Crippen LogP contribution in [0.25, 0.3) is 0 Å². The number of carbonyl (C=O) groups is 1. The summed E-state index contributed by atoms with van der Waals surface area (Å²) in [7, 11) is 0. The van der Waals surface area contributed by atoms with Gasteiger partial charge in [-0.3, -0.25) is 0 Å². The number of carboxylic acid groups (broad SMARTS) is 1. The number of aryl methyl sites for hydroxylation is 1. The molecule has 0 bridgehead atoms. The van der Waals surface area contributed by atoms with E-state index < -0.39 is 5.97 Å². The Morgan fingerprint density at radius 3 is 2.88 bits per heavy atom. The zero-order valence-corrected chi connectivity index (χ0v) is 9.91. The van der Waals surface area contributed by atoms with Crippen LogP contribution in [-0.4, -0.2) is 16.1 Å². The van der Waals surface area contributed by atoms with E-state index in [9.17, 15) is 4.79 Å². The lowest BCUT2D eigenvalue weighted by molar-refractivity contribution is 0.0698. The number of thiazole rings is 1. The molecule has 2 rings (SSSR count). The lowest BCUT2D eigenvalue weighted by Gasteiger charge is -2.05. The molecule has 0 radical (unpaired) electrons. The highest BCUT2D eigenvalue weighted by molar-refractivity contribution is 7.15. The SMILES string of the molecule is Cc1cnc(Nc2ccc(N)c(C(=O)O)c2)s1. The fourth-order valence-electron chi connectivity index (χ4n) is 1.36. The van der Waals surface area contributed by atoms with Gasteiger partial charge in [-0.1, -0.05) is 0 Å². The summed E-state index contributed by atoms with van der Waals surface area (Å²) in [6, 6.07) is 4.78. The van der Waals surface area contributed by atoms with Crippen LogP contribution in [0.1, 0.15) is 15.2 Å². The van der Waals surface area contributed by atoms with Gasteiger partial charge in [-0.2, -0.15) is 0 Å². The molecule has 88 valence electrons. The summed E-state index contributed by atoms with van der Waals surface area (Å²) in [6.07, 6.45) is 1.75. The molecule has 0 spiro atoms. The molecule has 1 heterocycles. The molecule has 1 aromatic heterocycles. The minimum Gasteiger partial charge on any atom is -0.478 e. The summed E-state index contributed by atoms with van der Waals surface area (Å²) >= 11 is 1.50. The molecular formula is C11H11N3O2S. The van der Waals surface area contributed by atoms with Gasteiger partial charge in [-0.05, 0) is 25.1 Å². The normalized spacial score (nSPS) is 10.2. The van der Waals surface area contributed by atoms with E-state index in [1.165, 1.54) is 17.4 Å². The van der Waals surface area contributed by atoms with Crippen LogP contribution in [0.15, 0.2) is 24.4 Å². The van der Waals surface area contributed by atoms with Gasteiger partial charge in [0.25, 0.3) is 0 Å². The number of nitrogens with zero attached hydrogens (tertiary/aromatic N) is 1. The smallest absolute Gasteiger partial charge is 0.337 e. The number of rotatable bonds is 3. The van der Waals surface area contributed by atoms with Crippen molar-refractivity contribution >= 4 is 33.8 Å². The number of nitrogens with one attached hydrogen (secondary N) is 1. The van der Waals surface area contributed by atoms with Crippen LogP contribution in [0.3, 0.4) is 0 Å². The number of hydrogen-bond acceptors (Lipinski definition) is 5. The summed E-state index contributed by atoms with van der Waals surface area (Å²) in [4.78, 5) is 16.1. The molecular weight excluding hydrogens is 238 g/mol. The van der Waals surface area contributed by atoms with Crippen LogP contribution in [0.4, 0.5) is 16.5 Å². The van der Waals surface area contributed by atoms with E-state index in [1.54, 1.807) is 18.3 Å². The Kier molecular flexibility index (Phi) is 2.97. The molecule has 17 heavy (non-hydrogen) atoms. The largest absolute Gasteiger partial charge is 0.478 e. The van der Waals surface area contributed by atoms with Gasteiger partial charge in [0.05, 0.1) is 5.56 Å². The lowest BCUT2D eigenvalue weighted by atomic mass is 10.1. The number of benzene rings is 1. The second kappa shape index (κ2) is 4.42. The van der Waals surface area contributed by atoms with Crippen LogP contribution < -0.4 is 11.1 Å². The van der Waals surface area contributed by atoms with Gasteiger partial charge in [0.1, 0.15) is 0 Å². The third-order valence-electron chi connectivity index (χ3n) is 2.16. The Bertz CT molecular complexity index is 566. The molecule has 0 saturated heterocycles. The standard InChI is InChI=1S/C11H11N3O2S/c1-6-5-13-11(17-6)14-7-2-3-9(12)8(4-7)10(15)16/h2-5H,12H2,1H3,(H,13,14)(H,15,16). The summed E-state index contributed by atoms with van der Waals surface area (Å²) in [5.74, 6) is -1.04. The molecule has 0 atom stereocenters. The van der Waals surface area contributed by atoms with Crippen LogP contribution in [0, 0.1) is 6.92 Å². The van der Waals surface area contributed by atoms with E-state index in [4.69, 9.17) is 10.8 Å². The topological polar surface area (TPSA) is 88.2 Å². The number of aromatic nitrogens is 1. The first-order valence-electron chi connectivity index (χ1n) is 4.88. The van der Waals surface area contributed by atoms with Gasteiger partial charge in [0.2, 0.25) is 0 Å². The van der Waals surface area contributed by atoms with E-state index >= 15 is 0 Å². The van der Waals surface area contributed by atoms with Crippen molar-refractivity contribution in [3.8, 4) is 0 Å². The number of hydrogen-bond donors (Lipinski definition) is 3. The van der Waals surface area contributed by atoms with Gasteiger partial charge in [-0.15, -0.1) is 11.3 Å². The van der Waals surface area contributed by atoms with Gasteiger partial charge in [0.15, 0.2) is 5.13 Å². The summed E-state index contributed by atoms with van der Waals surface area (Å²) < 4.78 is 0. The molecule has 5 nitrogen and oxygen atoms in total. The average Bonchev–Trinajstić information content (AvgIpc) is 2.66. The highest BCUT2D eigenvalue weighted by atomic mass is 32.1. The van der Waals surface area contributed by atoms with E-state index in [-0.39, 0.29) is 11.3 Å². The van der Waals surface area contributed by atoms with Crippen LogP contribution in [0.2, 0.25) is 0 Å². The zero-order valence-electron chi connectivity index (χ0n) is 9.10. The van der Waals surface area contributed by atoms with E-state index in [1.807, 2.05) is 6.92 Å². The highest BCUT2D eigenvalue weighted by Crippen LogP contribution is 2.24. The Morgan fingerprint density at radius 2 is 2.29 bits per heavy atom. The first kappa shape index (κ1) is 11.4. The maximum atomic E-state index is 10.9. The van der Waals surface area contributed by atoms with Crippen LogP contribution in [0.5, 0.6) is 0 Å². The Labute approximate surface area is 102 Å². The van der Waals surface area contributed by atoms with Crippen molar-refractivity contribution < 1.29 is 9.90 Å². The van der Waals surface area contributed by atoms with Crippen molar-refractivity contribution in [2.24, 2.45) is 0 Å². The molecule has 4 N–H and O–H groups in total. The van der Waals surface area contributed by atoms with Crippen molar-refractivity contribution in [2.45, 2.75) is 6.92 Å². The number of aromatic carboxylic acids is 1. The fourth-order valence-corrected chi connectivity index (χ4v) is 2.04.